The Kier molecular flexibility index (Phi) is 5.61. The number of aliphatic carboxylic acids is 2. The van der Waals surface area contributed by atoms with Gasteiger partial charge in [-0.25, -0.2) is 4.79 Å². The van der Waals surface area contributed by atoms with Crippen molar-refractivity contribution in [2.24, 2.45) is 0 Å². The normalized spacial score (nSPS) is 11.3. The molecule has 1 unspecified atom stereocenters. The Bertz CT molecular complexity index is 286. The fourth-order valence-electron chi connectivity index (χ4n) is 0.871. The smallest absolute Gasteiger partial charge is 0.323 e. The number of carboxylic acid groups (broad SMARTS) is 2. The van der Waals surface area contributed by atoms with Crippen molar-refractivity contribution in [1.29, 1.82) is 0 Å². The lowest BCUT2D eigenvalue weighted by atomic mass is 10.3. The number of nitrogens with zero attached hydrogens (tertiary/aromatic N) is 1. The molecule has 90 valence electrons. The van der Waals surface area contributed by atoms with Gasteiger partial charge in [-0.1, -0.05) is 6.08 Å². The van der Waals surface area contributed by atoms with Gasteiger partial charge in [-0.2, -0.15) is 0 Å². The van der Waals surface area contributed by atoms with Gasteiger partial charge in [0, 0.05) is 6.04 Å². The van der Waals surface area contributed by atoms with E-state index in [2.05, 4.69) is 11.9 Å². The molecule has 0 aliphatic carbocycles. The second-order valence-corrected chi connectivity index (χ2v) is 3.12. The summed E-state index contributed by atoms with van der Waals surface area (Å²) in [6.07, 6.45) is 1.44. The number of carboxylic acids is 2. The summed E-state index contributed by atoms with van der Waals surface area (Å²) in [4.78, 5) is 32.9. The van der Waals surface area contributed by atoms with Crippen LogP contribution in [0.1, 0.15) is 6.92 Å². The molecule has 0 rings (SSSR count). The zero-order chi connectivity index (χ0) is 12.7. The Morgan fingerprint density at radius 3 is 2.06 bits per heavy atom. The average Bonchev–Trinajstić information content (AvgIpc) is 2.15. The third-order valence-electron chi connectivity index (χ3n) is 1.64. The van der Waals surface area contributed by atoms with Gasteiger partial charge in [0.05, 0.1) is 0 Å². The Labute approximate surface area is 92.4 Å². The van der Waals surface area contributed by atoms with E-state index in [9.17, 15) is 14.4 Å². The number of urea groups is 1. The van der Waals surface area contributed by atoms with E-state index >= 15 is 0 Å². The molecule has 1 atom stereocenters. The van der Waals surface area contributed by atoms with Gasteiger partial charge in [0.1, 0.15) is 13.1 Å². The van der Waals surface area contributed by atoms with Crippen molar-refractivity contribution < 1.29 is 24.6 Å². The van der Waals surface area contributed by atoms with Gasteiger partial charge >= 0.3 is 18.0 Å². The first-order chi connectivity index (χ1) is 7.36. The SMILES string of the molecule is C=CC(C)NC(=O)N(CC(=O)O)CC(=O)O. The third-order valence-corrected chi connectivity index (χ3v) is 1.64. The maximum absolute atomic E-state index is 11.4. The highest BCUT2D eigenvalue weighted by atomic mass is 16.4. The van der Waals surface area contributed by atoms with Crippen LogP contribution in [-0.4, -0.2) is 52.2 Å². The molecule has 0 saturated carbocycles. The fraction of sp³-hybridized carbons (Fsp3) is 0.444. The minimum atomic E-state index is -1.28. The lowest BCUT2D eigenvalue weighted by Gasteiger charge is -2.20. The molecule has 0 aromatic rings. The highest BCUT2D eigenvalue weighted by Gasteiger charge is 2.19. The summed E-state index contributed by atoms with van der Waals surface area (Å²) in [6.45, 7) is 3.73. The van der Waals surface area contributed by atoms with E-state index in [1.807, 2.05) is 0 Å². The first-order valence-electron chi connectivity index (χ1n) is 4.48. The maximum Gasteiger partial charge on any atom is 0.323 e. The zero-order valence-electron chi connectivity index (χ0n) is 8.84. The monoisotopic (exact) mass is 230 g/mol. The summed E-state index contributed by atoms with van der Waals surface area (Å²) in [6, 6.07) is -1.12. The summed E-state index contributed by atoms with van der Waals surface area (Å²) >= 11 is 0. The molecule has 0 aromatic heterocycles. The molecule has 0 radical (unpaired) electrons. The molecule has 0 fully saturated rings. The molecule has 3 N–H and O–H groups in total. The zero-order valence-corrected chi connectivity index (χ0v) is 8.84. The molecule has 0 aliphatic heterocycles. The Hall–Kier alpha value is -2.05. The van der Waals surface area contributed by atoms with Crippen molar-refractivity contribution in [3.05, 3.63) is 12.7 Å². The molecule has 7 heteroatoms. The number of nitrogens with one attached hydrogen (secondary N) is 1. The van der Waals surface area contributed by atoms with Gasteiger partial charge < -0.3 is 20.4 Å². The molecule has 7 nitrogen and oxygen atoms in total. The fourth-order valence-corrected chi connectivity index (χ4v) is 0.871. The van der Waals surface area contributed by atoms with Crippen molar-refractivity contribution in [2.75, 3.05) is 13.1 Å². The van der Waals surface area contributed by atoms with E-state index in [0.717, 1.165) is 0 Å². The standard InChI is InChI=1S/C9H14N2O5/c1-3-6(2)10-9(16)11(4-7(12)13)5-8(14)15/h3,6H,1,4-5H2,2H3,(H,10,16)(H,12,13)(H,14,15). The van der Waals surface area contributed by atoms with Crippen LogP contribution in [0.4, 0.5) is 4.79 Å². The number of amides is 2. The van der Waals surface area contributed by atoms with Gasteiger partial charge in [0.2, 0.25) is 0 Å². The average molecular weight is 230 g/mol. The van der Waals surface area contributed by atoms with Crippen molar-refractivity contribution in [3.63, 3.8) is 0 Å². The van der Waals surface area contributed by atoms with Crippen molar-refractivity contribution in [3.8, 4) is 0 Å². The molecule has 0 bridgehead atoms. The molecule has 0 aromatic carbocycles. The van der Waals surface area contributed by atoms with E-state index in [4.69, 9.17) is 10.2 Å². The minimum absolute atomic E-state index is 0.363. The van der Waals surface area contributed by atoms with Crippen LogP contribution in [0.3, 0.4) is 0 Å². The second kappa shape index (κ2) is 6.44. The van der Waals surface area contributed by atoms with Crippen molar-refractivity contribution in [2.45, 2.75) is 13.0 Å². The lowest BCUT2D eigenvalue weighted by Crippen LogP contribution is -2.47. The molecule has 0 spiro atoms. The van der Waals surface area contributed by atoms with E-state index in [0.29, 0.717) is 4.90 Å². The van der Waals surface area contributed by atoms with Gasteiger partial charge in [-0.3, -0.25) is 9.59 Å². The summed E-state index contributed by atoms with van der Waals surface area (Å²) in [7, 11) is 0. The highest BCUT2D eigenvalue weighted by molar-refractivity contribution is 5.84. The molecule has 0 heterocycles. The van der Waals surface area contributed by atoms with E-state index in [-0.39, 0.29) is 6.04 Å². The van der Waals surface area contributed by atoms with Crippen LogP contribution in [0.15, 0.2) is 12.7 Å². The van der Waals surface area contributed by atoms with Crippen LogP contribution in [0.2, 0.25) is 0 Å². The predicted molar refractivity (Wildman–Crippen MR) is 55.0 cm³/mol. The van der Waals surface area contributed by atoms with Gasteiger partial charge in [-0.05, 0) is 6.92 Å². The molecule has 16 heavy (non-hydrogen) atoms. The summed E-state index contributed by atoms with van der Waals surface area (Å²) in [5.41, 5.74) is 0. The maximum atomic E-state index is 11.4. The number of hydrogen-bond acceptors (Lipinski definition) is 3. The quantitative estimate of drug-likeness (QED) is 0.545. The number of carbonyl (C=O) groups excluding carboxylic acids is 1. The largest absolute Gasteiger partial charge is 0.480 e. The lowest BCUT2D eigenvalue weighted by molar-refractivity contribution is -0.140. The van der Waals surface area contributed by atoms with Crippen LogP contribution in [0.5, 0.6) is 0 Å². The third kappa shape index (κ3) is 5.63. The molecular formula is C9H14N2O5. The van der Waals surface area contributed by atoms with E-state index in [1.165, 1.54) is 6.08 Å². The molecule has 0 saturated heterocycles. The Morgan fingerprint density at radius 2 is 1.75 bits per heavy atom. The summed E-state index contributed by atoms with van der Waals surface area (Å²) in [5, 5.41) is 19.4. The van der Waals surface area contributed by atoms with Crippen LogP contribution in [0.25, 0.3) is 0 Å². The van der Waals surface area contributed by atoms with E-state index in [1.54, 1.807) is 6.92 Å². The van der Waals surface area contributed by atoms with E-state index < -0.39 is 31.1 Å². The second-order valence-electron chi connectivity index (χ2n) is 3.12. The number of carbonyl (C=O) groups is 3. The van der Waals surface area contributed by atoms with Gasteiger partial charge in [-0.15, -0.1) is 6.58 Å². The van der Waals surface area contributed by atoms with Crippen LogP contribution < -0.4 is 5.32 Å². The Morgan fingerprint density at radius 1 is 1.31 bits per heavy atom. The topological polar surface area (TPSA) is 107 Å². The number of rotatable bonds is 6. The first-order valence-corrected chi connectivity index (χ1v) is 4.48. The van der Waals surface area contributed by atoms with Crippen molar-refractivity contribution >= 4 is 18.0 Å². The molecular weight excluding hydrogens is 216 g/mol. The molecule has 2 amide bonds. The summed E-state index contributed by atoms with van der Waals surface area (Å²) in [5.74, 6) is -2.55. The Balaban J connectivity index is 4.48. The van der Waals surface area contributed by atoms with Crippen LogP contribution >= 0.6 is 0 Å². The predicted octanol–water partition coefficient (Wildman–Crippen LogP) is -0.258. The van der Waals surface area contributed by atoms with Crippen LogP contribution in [-0.2, 0) is 9.59 Å². The minimum Gasteiger partial charge on any atom is -0.480 e. The highest BCUT2D eigenvalue weighted by Crippen LogP contribution is 1.92. The van der Waals surface area contributed by atoms with Gasteiger partial charge in [0.15, 0.2) is 0 Å². The van der Waals surface area contributed by atoms with Crippen molar-refractivity contribution in [1.82, 2.24) is 10.2 Å². The number of hydrogen-bond donors (Lipinski definition) is 3. The van der Waals surface area contributed by atoms with Gasteiger partial charge in [0.25, 0.3) is 0 Å². The first kappa shape index (κ1) is 13.9. The molecule has 0 aliphatic rings. The summed E-state index contributed by atoms with van der Waals surface area (Å²) < 4.78 is 0. The van der Waals surface area contributed by atoms with Crippen LogP contribution in [0, 0.1) is 0 Å².